The summed E-state index contributed by atoms with van der Waals surface area (Å²) >= 11 is 0. The van der Waals surface area contributed by atoms with Gasteiger partial charge in [0.15, 0.2) is 0 Å². The lowest BCUT2D eigenvalue weighted by molar-refractivity contribution is -0.117. The molecule has 0 aromatic heterocycles. The number of hydrogen-bond donors (Lipinski definition) is 5. The number of carbonyl (C=O) groups is 2. The number of sulfonamides is 1. The average molecular weight is 479 g/mol. The Hall–Kier alpha value is -4.22. The Morgan fingerprint density at radius 2 is 1.76 bits per heavy atom. The van der Waals surface area contributed by atoms with Gasteiger partial charge in [0.1, 0.15) is 11.9 Å². The van der Waals surface area contributed by atoms with Gasteiger partial charge in [0, 0.05) is 29.0 Å². The van der Waals surface area contributed by atoms with Crippen molar-refractivity contribution in [1.82, 2.24) is 5.32 Å². The zero-order valence-corrected chi connectivity index (χ0v) is 18.7. The maximum absolute atomic E-state index is 13.0. The van der Waals surface area contributed by atoms with Crippen LogP contribution in [0.3, 0.4) is 0 Å². The standard InChI is InChI=1S/C23H22N6O4S/c24-21(25)15-4-3-5-17(12-15)29-19(13-27-23(29)31)22(30)28-16-10-8-14(9-11-16)18-6-1-2-7-20(18)34(26,32)33/h1-12,19H,13H2,(H3,24,25)(H,27,31)(H,28,30)(H2,26,32,33). The van der Waals surface area contributed by atoms with Crippen molar-refractivity contribution < 1.29 is 18.0 Å². The van der Waals surface area contributed by atoms with Crippen LogP contribution in [0.2, 0.25) is 0 Å². The number of anilines is 2. The number of nitrogens with one attached hydrogen (secondary N) is 3. The van der Waals surface area contributed by atoms with Gasteiger partial charge >= 0.3 is 6.03 Å². The molecule has 1 unspecified atom stereocenters. The van der Waals surface area contributed by atoms with Crippen molar-refractivity contribution in [2.45, 2.75) is 10.9 Å². The van der Waals surface area contributed by atoms with E-state index in [9.17, 15) is 18.0 Å². The number of urea groups is 1. The molecule has 1 atom stereocenters. The molecule has 7 N–H and O–H groups in total. The van der Waals surface area contributed by atoms with Crippen molar-refractivity contribution in [3.05, 3.63) is 78.4 Å². The van der Waals surface area contributed by atoms with E-state index in [1.54, 1.807) is 66.7 Å². The SMILES string of the molecule is N=C(N)c1cccc(N2C(=O)NCC2C(=O)Nc2ccc(-c3ccccc3S(N)(=O)=O)cc2)c1. The number of amides is 3. The number of nitrogen functional groups attached to an aromatic ring is 1. The largest absolute Gasteiger partial charge is 0.384 e. The normalized spacial score (nSPS) is 15.6. The summed E-state index contributed by atoms with van der Waals surface area (Å²) in [5.74, 6) is -0.559. The van der Waals surface area contributed by atoms with Crippen LogP contribution in [0.25, 0.3) is 11.1 Å². The van der Waals surface area contributed by atoms with Crippen LogP contribution in [-0.2, 0) is 14.8 Å². The minimum absolute atomic E-state index is 0.00533. The Bertz CT molecular complexity index is 1390. The first-order valence-corrected chi connectivity index (χ1v) is 11.7. The van der Waals surface area contributed by atoms with Crippen LogP contribution in [0, 0.1) is 5.41 Å². The second-order valence-corrected chi connectivity index (χ2v) is 9.17. The molecule has 34 heavy (non-hydrogen) atoms. The highest BCUT2D eigenvalue weighted by Gasteiger charge is 2.37. The van der Waals surface area contributed by atoms with E-state index < -0.39 is 28.0 Å². The van der Waals surface area contributed by atoms with Gasteiger partial charge in [-0.15, -0.1) is 0 Å². The predicted octanol–water partition coefficient (Wildman–Crippen LogP) is 1.82. The molecule has 0 aliphatic carbocycles. The van der Waals surface area contributed by atoms with Gasteiger partial charge in [0.25, 0.3) is 0 Å². The molecule has 11 heteroatoms. The van der Waals surface area contributed by atoms with E-state index in [1.807, 2.05) is 0 Å². The van der Waals surface area contributed by atoms with E-state index >= 15 is 0 Å². The molecule has 4 rings (SSSR count). The summed E-state index contributed by atoms with van der Waals surface area (Å²) < 4.78 is 23.8. The van der Waals surface area contributed by atoms with Crippen LogP contribution in [0.5, 0.6) is 0 Å². The van der Waals surface area contributed by atoms with E-state index in [2.05, 4.69) is 10.6 Å². The van der Waals surface area contributed by atoms with Crippen LogP contribution in [0.15, 0.2) is 77.7 Å². The lowest BCUT2D eigenvalue weighted by atomic mass is 10.1. The lowest BCUT2D eigenvalue weighted by Gasteiger charge is -2.23. The molecule has 1 saturated heterocycles. The van der Waals surface area contributed by atoms with E-state index in [0.29, 0.717) is 28.1 Å². The van der Waals surface area contributed by atoms with Crippen LogP contribution >= 0.6 is 0 Å². The monoisotopic (exact) mass is 478 g/mol. The van der Waals surface area contributed by atoms with Crippen LogP contribution < -0.4 is 26.4 Å². The van der Waals surface area contributed by atoms with E-state index in [4.69, 9.17) is 16.3 Å². The Balaban J connectivity index is 1.55. The van der Waals surface area contributed by atoms with Gasteiger partial charge < -0.3 is 16.4 Å². The highest BCUT2D eigenvalue weighted by molar-refractivity contribution is 7.89. The highest BCUT2D eigenvalue weighted by atomic mass is 32.2. The lowest BCUT2D eigenvalue weighted by Crippen LogP contribution is -2.42. The number of rotatable bonds is 6. The highest BCUT2D eigenvalue weighted by Crippen LogP contribution is 2.28. The van der Waals surface area contributed by atoms with E-state index in [-0.39, 0.29) is 17.3 Å². The first kappa shape index (κ1) is 23.0. The summed E-state index contributed by atoms with van der Waals surface area (Å²) in [6.45, 7) is 0.106. The Morgan fingerprint density at radius 3 is 2.44 bits per heavy atom. The molecule has 1 heterocycles. The molecule has 3 amide bonds. The fourth-order valence-corrected chi connectivity index (χ4v) is 4.51. The van der Waals surface area contributed by atoms with E-state index in [1.165, 1.54) is 11.0 Å². The van der Waals surface area contributed by atoms with Gasteiger partial charge in [-0.2, -0.15) is 0 Å². The number of carbonyl (C=O) groups excluding carboxylic acids is 2. The average Bonchev–Trinajstić information content (AvgIpc) is 3.20. The van der Waals surface area contributed by atoms with Crippen LogP contribution in [0.1, 0.15) is 5.56 Å². The minimum Gasteiger partial charge on any atom is -0.384 e. The van der Waals surface area contributed by atoms with Crippen molar-refractivity contribution in [3.63, 3.8) is 0 Å². The third-order valence-corrected chi connectivity index (χ3v) is 6.34. The fourth-order valence-electron chi connectivity index (χ4n) is 3.74. The number of primary sulfonamides is 1. The second kappa shape index (κ2) is 8.96. The van der Waals surface area contributed by atoms with Gasteiger partial charge in [-0.25, -0.2) is 18.4 Å². The Labute approximate surface area is 196 Å². The maximum atomic E-state index is 13.0. The van der Waals surface area contributed by atoms with Crippen LogP contribution in [0.4, 0.5) is 16.2 Å². The molecular formula is C23H22N6O4S. The zero-order chi connectivity index (χ0) is 24.5. The molecule has 1 fully saturated rings. The number of nitrogens with two attached hydrogens (primary N) is 2. The van der Waals surface area contributed by atoms with Gasteiger partial charge in [-0.05, 0) is 35.9 Å². The molecule has 1 aliphatic heterocycles. The van der Waals surface area contributed by atoms with Crippen LogP contribution in [-0.4, -0.2) is 38.8 Å². The molecule has 3 aromatic rings. The van der Waals surface area contributed by atoms with Gasteiger partial charge in [0.2, 0.25) is 15.9 Å². The first-order valence-electron chi connectivity index (χ1n) is 10.2. The summed E-state index contributed by atoms with van der Waals surface area (Å²) in [5.41, 5.74) is 7.96. The number of hydrogen-bond acceptors (Lipinski definition) is 5. The fraction of sp³-hybridized carbons (Fsp3) is 0.0870. The van der Waals surface area contributed by atoms with Crippen molar-refractivity contribution in [3.8, 4) is 11.1 Å². The number of nitrogens with zero attached hydrogens (tertiary/aromatic N) is 1. The summed E-state index contributed by atoms with van der Waals surface area (Å²) in [4.78, 5) is 26.7. The molecule has 1 aliphatic rings. The summed E-state index contributed by atoms with van der Waals surface area (Å²) in [6.07, 6.45) is 0. The summed E-state index contributed by atoms with van der Waals surface area (Å²) in [5, 5.41) is 18.4. The summed E-state index contributed by atoms with van der Waals surface area (Å²) in [6, 6.07) is 18.3. The quantitative estimate of drug-likeness (QED) is 0.268. The van der Waals surface area contributed by atoms with E-state index in [0.717, 1.165) is 0 Å². The summed E-state index contributed by atoms with van der Waals surface area (Å²) in [7, 11) is -3.90. The first-order chi connectivity index (χ1) is 16.1. The molecular weight excluding hydrogens is 456 g/mol. The number of benzene rings is 3. The van der Waals surface area contributed by atoms with Gasteiger partial charge in [0.05, 0.1) is 4.90 Å². The predicted molar refractivity (Wildman–Crippen MR) is 129 cm³/mol. The molecule has 0 saturated carbocycles. The van der Waals surface area contributed by atoms with Gasteiger partial charge in [-0.1, -0.05) is 42.5 Å². The number of amidine groups is 1. The van der Waals surface area contributed by atoms with Crippen molar-refractivity contribution in [1.29, 1.82) is 5.41 Å². The Kier molecular flexibility index (Phi) is 6.05. The third-order valence-electron chi connectivity index (χ3n) is 5.37. The molecule has 3 aromatic carbocycles. The van der Waals surface area contributed by atoms with Crippen molar-refractivity contribution in [2.24, 2.45) is 10.9 Å². The molecule has 174 valence electrons. The third kappa shape index (κ3) is 4.60. The smallest absolute Gasteiger partial charge is 0.322 e. The Morgan fingerprint density at radius 1 is 1.06 bits per heavy atom. The molecule has 10 nitrogen and oxygen atoms in total. The van der Waals surface area contributed by atoms with Crippen molar-refractivity contribution in [2.75, 3.05) is 16.8 Å². The molecule has 0 bridgehead atoms. The van der Waals surface area contributed by atoms with Gasteiger partial charge in [-0.3, -0.25) is 15.1 Å². The second-order valence-electron chi connectivity index (χ2n) is 7.64. The maximum Gasteiger partial charge on any atom is 0.322 e. The molecule has 0 spiro atoms. The molecule has 0 radical (unpaired) electrons. The topological polar surface area (TPSA) is 171 Å². The zero-order valence-electron chi connectivity index (χ0n) is 17.9. The minimum atomic E-state index is -3.90. The van der Waals surface area contributed by atoms with Crippen molar-refractivity contribution >= 4 is 39.2 Å².